The van der Waals surface area contributed by atoms with Crippen molar-refractivity contribution in [2.45, 2.75) is 378 Å². The van der Waals surface area contributed by atoms with Crippen LogP contribution >= 0.6 is 0 Å². The highest BCUT2D eigenvalue weighted by atomic mass is 16.7. The Balaban J connectivity index is 2.54. The largest absolute Gasteiger partial charge is 0.454 e. The van der Waals surface area contributed by atoms with Crippen LogP contribution in [-0.4, -0.2) is 99.6 Å². The van der Waals surface area contributed by atoms with Crippen LogP contribution in [0, 0.1) is 0 Å². The molecule has 0 radical (unpaired) electrons. The van der Waals surface area contributed by atoms with Crippen molar-refractivity contribution in [2.75, 3.05) is 13.2 Å². The molecule has 1 fully saturated rings. The Labute approximate surface area is 540 Å². The van der Waals surface area contributed by atoms with Crippen molar-refractivity contribution in [3.05, 3.63) is 85.1 Å². The number of rotatable bonds is 63. The lowest BCUT2D eigenvalue weighted by Crippen LogP contribution is -2.61. The van der Waals surface area contributed by atoms with E-state index in [0.29, 0.717) is 12.8 Å². The van der Waals surface area contributed by atoms with Crippen LogP contribution in [0.5, 0.6) is 0 Å². The third-order valence-electron chi connectivity index (χ3n) is 17.0. The second-order valence-electron chi connectivity index (χ2n) is 25.3. The molecule has 1 saturated heterocycles. The third-order valence-corrected chi connectivity index (χ3v) is 17.0. The quantitative estimate of drug-likeness (QED) is 0.0195. The highest BCUT2D eigenvalue weighted by molar-refractivity contribution is 5.80. The molecule has 510 valence electrons. The van der Waals surface area contributed by atoms with E-state index >= 15 is 0 Å². The summed E-state index contributed by atoms with van der Waals surface area (Å²) in [5.41, 5.74) is 0. The van der Waals surface area contributed by atoms with Crippen molar-refractivity contribution >= 4 is 11.9 Å². The van der Waals surface area contributed by atoms with Crippen molar-refractivity contribution < 1.29 is 49.3 Å². The number of carbonyl (C=O) groups excluding carboxylic acids is 2. The van der Waals surface area contributed by atoms with Gasteiger partial charge in [-0.15, -0.1) is 0 Å². The number of esters is 1. The first kappa shape index (κ1) is 82.9. The molecule has 8 unspecified atom stereocenters. The summed E-state index contributed by atoms with van der Waals surface area (Å²) in [6, 6.07) is -1.03. The van der Waals surface area contributed by atoms with Gasteiger partial charge in [0, 0.05) is 6.42 Å². The zero-order valence-corrected chi connectivity index (χ0v) is 56.8. The van der Waals surface area contributed by atoms with Crippen molar-refractivity contribution in [2.24, 2.45) is 0 Å². The fraction of sp³-hybridized carbons (Fsp3) is 0.792. The molecular weight excluding hydrogens is 1100 g/mol. The van der Waals surface area contributed by atoms with Crippen LogP contribution in [0.3, 0.4) is 0 Å². The second kappa shape index (κ2) is 64.0. The van der Waals surface area contributed by atoms with E-state index in [9.17, 15) is 35.1 Å². The Hall–Kier alpha value is -3.16. The number of ether oxygens (including phenoxy) is 3. The Morgan fingerprint density at radius 2 is 0.784 bits per heavy atom. The van der Waals surface area contributed by atoms with Crippen LogP contribution in [0.2, 0.25) is 0 Å². The highest BCUT2D eigenvalue weighted by Gasteiger charge is 2.47. The minimum atomic E-state index is -1.62. The van der Waals surface area contributed by atoms with Gasteiger partial charge in [0.05, 0.1) is 25.4 Å². The molecule has 0 aromatic rings. The Morgan fingerprint density at radius 3 is 1.19 bits per heavy atom. The van der Waals surface area contributed by atoms with Crippen LogP contribution in [0.15, 0.2) is 85.1 Å². The molecular formula is C77H137NO10. The van der Waals surface area contributed by atoms with E-state index in [-0.39, 0.29) is 19.4 Å². The first-order valence-electron chi connectivity index (χ1n) is 36.9. The minimum absolute atomic E-state index is 0.120. The summed E-state index contributed by atoms with van der Waals surface area (Å²) < 4.78 is 17.7. The highest BCUT2D eigenvalue weighted by Crippen LogP contribution is 2.26. The molecule has 6 N–H and O–H groups in total. The number of nitrogens with one attached hydrogen (secondary N) is 1. The van der Waals surface area contributed by atoms with Gasteiger partial charge in [0.25, 0.3) is 0 Å². The Kier molecular flexibility index (Phi) is 60.2. The standard InChI is InChI=1S/C77H137NO10/c1-4-7-10-13-16-19-22-25-27-29-31-33-34-35-36-37-38-39-41-43-45-47-50-53-56-59-62-65-72(82)88-75-74(84)73(83)71(66-79)87-77(75)86-67-68(69(80)63-60-57-54-51-48-24-21-18-15-12-9-6-3)78-76(85)70(81)64-61-58-55-52-49-46-44-42-40-32-30-28-26-23-20-17-14-11-8-5-2/h16-17,19-20,25-28,31-33,40,60,63,68-71,73-75,77,79-81,83-84H,4-15,18,21-24,29-30,34-39,41-59,61-62,64-67H2,1-3H3,(H,78,85)/b19-16-,20-17-,27-25-,28-26-,33-31-,40-32-,63-60+. The van der Waals surface area contributed by atoms with Gasteiger partial charge in [0.2, 0.25) is 5.91 Å². The Morgan fingerprint density at radius 1 is 0.443 bits per heavy atom. The molecule has 1 amide bonds. The van der Waals surface area contributed by atoms with E-state index in [0.717, 1.165) is 96.3 Å². The van der Waals surface area contributed by atoms with E-state index in [1.807, 2.05) is 6.08 Å². The van der Waals surface area contributed by atoms with Crippen LogP contribution in [0.25, 0.3) is 0 Å². The second-order valence-corrected chi connectivity index (χ2v) is 25.3. The molecule has 1 rings (SSSR count). The SMILES string of the molecule is CCCCC/C=C\C/C=C\C/C=C\CCCCCCCCCCCCCCCCC(=O)OC1C(OCC(NC(=O)C(O)CCCCCCCCC/C=C\C/C=C\C/C=C\CCCCC)C(O)/C=C/CCCCCCCCCCCC)OC(CO)C(O)C1O. The molecule has 0 spiro atoms. The molecule has 0 bridgehead atoms. The zero-order chi connectivity index (χ0) is 63.9. The number of hydrogen-bond acceptors (Lipinski definition) is 10. The molecule has 11 heteroatoms. The predicted octanol–water partition coefficient (Wildman–Crippen LogP) is 19.2. The molecule has 88 heavy (non-hydrogen) atoms. The third kappa shape index (κ3) is 50.5. The van der Waals surface area contributed by atoms with Crippen LogP contribution in [0.1, 0.15) is 329 Å². The minimum Gasteiger partial charge on any atom is -0.454 e. The van der Waals surface area contributed by atoms with Gasteiger partial charge in [0.15, 0.2) is 12.4 Å². The molecule has 1 aliphatic rings. The number of carbonyl (C=O) groups is 2. The summed E-state index contributed by atoms with van der Waals surface area (Å²) in [5, 5.41) is 57.3. The summed E-state index contributed by atoms with van der Waals surface area (Å²) in [6.45, 7) is 5.76. The number of aliphatic hydroxyl groups is 5. The monoisotopic (exact) mass is 1240 g/mol. The molecule has 11 nitrogen and oxygen atoms in total. The first-order chi connectivity index (χ1) is 43.2. The van der Waals surface area contributed by atoms with Crippen molar-refractivity contribution in [1.82, 2.24) is 5.32 Å². The predicted molar refractivity (Wildman–Crippen MR) is 370 cm³/mol. The average molecular weight is 1240 g/mol. The normalized spacial score (nSPS) is 18.7. The maximum Gasteiger partial charge on any atom is 0.306 e. The van der Waals surface area contributed by atoms with Gasteiger partial charge in [-0.2, -0.15) is 0 Å². The number of hydrogen-bond donors (Lipinski definition) is 6. The van der Waals surface area contributed by atoms with Crippen LogP contribution in [-0.2, 0) is 23.8 Å². The maximum absolute atomic E-state index is 13.5. The lowest BCUT2D eigenvalue weighted by molar-refractivity contribution is -0.305. The van der Waals surface area contributed by atoms with E-state index in [4.69, 9.17) is 14.2 Å². The van der Waals surface area contributed by atoms with Gasteiger partial charge in [0.1, 0.15) is 24.4 Å². The molecule has 1 aliphatic heterocycles. The van der Waals surface area contributed by atoms with Gasteiger partial charge < -0.3 is 45.1 Å². The summed E-state index contributed by atoms with van der Waals surface area (Å²) in [6.07, 6.45) is 74.8. The van der Waals surface area contributed by atoms with Gasteiger partial charge in [-0.25, -0.2) is 0 Å². The molecule has 0 aliphatic carbocycles. The molecule has 1 heterocycles. The van der Waals surface area contributed by atoms with Crippen molar-refractivity contribution in [1.29, 1.82) is 0 Å². The lowest BCUT2D eigenvalue weighted by atomic mass is 9.99. The fourth-order valence-electron chi connectivity index (χ4n) is 11.2. The summed E-state index contributed by atoms with van der Waals surface area (Å²) in [4.78, 5) is 26.7. The molecule has 0 saturated carbocycles. The number of unbranched alkanes of at least 4 members (excludes halogenated alkanes) is 37. The van der Waals surface area contributed by atoms with E-state index in [1.165, 1.54) is 186 Å². The number of allylic oxidation sites excluding steroid dienone is 13. The summed E-state index contributed by atoms with van der Waals surface area (Å²) in [7, 11) is 0. The maximum atomic E-state index is 13.5. The topological polar surface area (TPSA) is 175 Å². The van der Waals surface area contributed by atoms with E-state index < -0.39 is 67.4 Å². The van der Waals surface area contributed by atoms with Crippen LogP contribution in [0.4, 0.5) is 0 Å². The summed E-state index contributed by atoms with van der Waals surface area (Å²) >= 11 is 0. The summed E-state index contributed by atoms with van der Waals surface area (Å²) in [5.74, 6) is -1.20. The first-order valence-corrected chi connectivity index (χ1v) is 36.9. The van der Waals surface area contributed by atoms with E-state index in [1.54, 1.807) is 6.08 Å². The molecule has 0 aromatic carbocycles. The zero-order valence-electron chi connectivity index (χ0n) is 56.8. The fourth-order valence-corrected chi connectivity index (χ4v) is 11.2. The number of aliphatic hydroxyl groups excluding tert-OH is 5. The average Bonchev–Trinajstić information content (AvgIpc) is 1.29. The van der Waals surface area contributed by atoms with Gasteiger partial charge >= 0.3 is 5.97 Å². The Bertz CT molecular complexity index is 1760. The van der Waals surface area contributed by atoms with Crippen molar-refractivity contribution in [3.8, 4) is 0 Å². The van der Waals surface area contributed by atoms with Gasteiger partial charge in [-0.3, -0.25) is 9.59 Å². The lowest BCUT2D eigenvalue weighted by Gasteiger charge is -2.41. The van der Waals surface area contributed by atoms with Gasteiger partial charge in [-0.05, 0) is 103 Å². The smallest absolute Gasteiger partial charge is 0.306 e. The van der Waals surface area contributed by atoms with Crippen LogP contribution < -0.4 is 5.32 Å². The number of amides is 1. The molecule has 8 atom stereocenters. The van der Waals surface area contributed by atoms with E-state index in [2.05, 4.69) is 99.0 Å². The molecule has 0 aromatic heterocycles. The van der Waals surface area contributed by atoms with Gasteiger partial charge in [-0.1, -0.05) is 305 Å². The van der Waals surface area contributed by atoms with Crippen molar-refractivity contribution in [3.63, 3.8) is 0 Å².